The Morgan fingerprint density at radius 1 is 1.10 bits per heavy atom. The third-order valence-electron chi connectivity index (χ3n) is 4.78. The number of rotatable bonds is 9. The minimum Gasteiger partial charge on any atom is -0.495 e. The van der Waals surface area contributed by atoms with Crippen LogP contribution in [0.15, 0.2) is 47.5 Å². The summed E-state index contributed by atoms with van der Waals surface area (Å²) in [7, 11) is 3.03. The van der Waals surface area contributed by atoms with Crippen molar-refractivity contribution in [3.05, 3.63) is 58.1 Å². The molecule has 0 spiro atoms. The number of aromatic nitrogens is 2. The molecular weight excluding hydrogens is 406 g/mol. The fourth-order valence-corrected chi connectivity index (χ4v) is 3.42. The van der Waals surface area contributed by atoms with Crippen LogP contribution >= 0.6 is 11.6 Å². The number of amides is 1. The molecule has 0 radical (unpaired) electrons. The Hall–Kier alpha value is -3.06. The highest BCUT2D eigenvalue weighted by molar-refractivity contribution is 6.32. The number of aryl methyl sites for hydroxylation is 1. The molecule has 0 bridgehead atoms. The van der Waals surface area contributed by atoms with Gasteiger partial charge in [0.2, 0.25) is 5.91 Å². The number of anilines is 1. The quantitative estimate of drug-likeness (QED) is 0.514. The molecule has 1 amide bonds. The Morgan fingerprint density at radius 3 is 2.63 bits per heavy atom. The summed E-state index contributed by atoms with van der Waals surface area (Å²) < 4.78 is 12.1. The van der Waals surface area contributed by atoms with E-state index in [4.69, 9.17) is 21.1 Å². The van der Waals surface area contributed by atoms with Gasteiger partial charge in [0.1, 0.15) is 11.5 Å². The van der Waals surface area contributed by atoms with Crippen LogP contribution in [0.3, 0.4) is 0 Å². The predicted molar refractivity (Wildman–Crippen MR) is 118 cm³/mol. The summed E-state index contributed by atoms with van der Waals surface area (Å²) in [6.07, 6.45) is 4.24. The Bertz CT molecular complexity index is 1100. The predicted octanol–water partition coefficient (Wildman–Crippen LogP) is 4.27. The zero-order valence-corrected chi connectivity index (χ0v) is 17.7. The average molecular weight is 430 g/mol. The van der Waals surface area contributed by atoms with Crippen molar-refractivity contribution in [1.82, 2.24) is 9.55 Å². The van der Waals surface area contributed by atoms with Gasteiger partial charge in [-0.2, -0.15) is 0 Å². The van der Waals surface area contributed by atoms with E-state index < -0.39 is 0 Å². The number of hydrogen-bond acceptors (Lipinski definition) is 5. The Balaban J connectivity index is 1.48. The summed E-state index contributed by atoms with van der Waals surface area (Å²) in [6, 6.07) is 10.5. The van der Waals surface area contributed by atoms with Crippen LogP contribution < -0.4 is 20.3 Å². The Kier molecular flexibility index (Phi) is 7.30. The molecular formula is C22H24ClN3O4. The topological polar surface area (TPSA) is 82.4 Å². The second-order valence-electron chi connectivity index (χ2n) is 6.81. The summed E-state index contributed by atoms with van der Waals surface area (Å²) in [5.41, 5.74) is 1.16. The maximum Gasteiger partial charge on any atom is 0.261 e. The van der Waals surface area contributed by atoms with E-state index in [1.54, 1.807) is 29.1 Å². The minimum absolute atomic E-state index is 0.0400. The molecule has 0 unspecified atom stereocenters. The zero-order valence-electron chi connectivity index (χ0n) is 17.0. The van der Waals surface area contributed by atoms with E-state index in [9.17, 15) is 9.59 Å². The van der Waals surface area contributed by atoms with Crippen molar-refractivity contribution in [1.29, 1.82) is 0 Å². The van der Waals surface area contributed by atoms with E-state index in [2.05, 4.69) is 10.3 Å². The van der Waals surface area contributed by atoms with Gasteiger partial charge in [-0.15, -0.1) is 0 Å². The highest BCUT2D eigenvalue weighted by atomic mass is 35.5. The molecule has 2 aromatic carbocycles. The number of fused-ring (bicyclic) bond motifs is 1. The van der Waals surface area contributed by atoms with Gasteiger partial charge in [0.15, 0.2) is 0 Å². The van der Waals surface area contributed by atoms with E-state index in [1.807, 2.05) is 18.2 Å². The number of para-hydroxylation sites is 1. The molecule has 1 aromatic heterocycles. The molecule has 7 nitrogen and oxygen atoms in total. The number of carbonyl (C=O) groups is 1. The number of carbonyl (C=O) groups excluding carboxylic acids is 1. The van der Waals surface area contributed by atoms with Gasteiger partial charge in [-0.25, -0.2) is 4.98 Å². The number of hydrogen-bond donors (Lipinski definition) is 1. The summed E-state index contributed by atoms with van der Waals surface area (Å²) >= 11 is 6.13. The van der Waals surface area contributed by atoms with Crippen LogP contribution in [-0.4, -0.2) is 29.7 Å². The van der Waals surface area contributed by atoms with Crippen LogP contribution in [-0.2, 0) is 11.3 Å². The molecule has 3 aromatic rings. The molecule has 3 rings (SSSR count). The normalized spacial score (nSPS) is 10.8. The first kappa shape index (κ1) is 21.6. The standard InChI is InChI=1S/C22H24ClN3O4/c1-29-19-13-20(30-2)18(12-16(19)23)25-21(27)10-4-3-7-11-26-14-24-17-9-6-5-8-15(17)22(26)28/h5-6,8-9,12-14H,3-4,7,10-11H2,1-2H3,(H,25,27). The molecule has 0 aliphatic heterocycles. The van der Waals surface area contributed by atoms with Crippen molar-refractivity contribution in [2.24, 2.45) is 0 Å². The first-order valence-corrected chi connectivity index (χ1v) is 10.1. The molecule has 0 saturated heterocycles. The van der Waals surface area contributed by atoms with Crippen molar-refractivity contribution in [2.45, 2.75) is 32.2 Å². The number of benzene rings is 2. The van der Waals surface area contributed by atoms with Crippen molar-refractivity contribution in [3.8, 4) is 11.5 Å². The summed E-state index contributed by atoms with van der Waals surface area (Å²) in [5.74, 6) is 0.830. The maximum atomic E-state index is 12.5. The second-order valence-corrected chi connectivity index (χ2v) is 7.21. The van der Waals surface area contributed by atoms with Crippen molar-refractivity contribution >= 4 is 34.1 Å². The van der Waals surface area contributed by atoms with Crippen LogP contribution in [0.1, 0.15) is 25.7 Å². The molecule has 1 N–H and O–H groups in total. The number of halogens is 1. The van der Waals surface area contributed by atoms with Crippen LogP contribution in [0.25, 0.3) is 10.9 Å². The first-order chi connectivity index (χ1) is 14.5. The van der Waals surface area contributed by atoms with Gasteiger partial charge in [0.05, 0.1) is 42.2 Å². The SMILES string of the molecule is COc1cc(OC)c(NC(=O)CCCCCn2cnc3ccccc3c2=O)cc1Cl. The van der Waals surface area contributed by atoms with E-state index in [1.165, 1.54) is 14.2 Å². The maximum absolute atomic E-state index is 12.5. The lowest BCUT2D eigenvalue weighted by Gasteiger charge is -2.13. The number of methoxy groups -OCH3 is 2. The van der Waals surface area contributed by atoms with Gasteiger partial charge >= 0.3 is 0 Å². The van der Waals surface area contributed by atoms with E-state index in [0.29, 0.717) is 52.5 Å². The van der Waals surface area contributed by atoms with Crippen LogP contribution in [0.2, 0.25) is 5.02 Å². The molecule has 0 fully saturated rings. The number of nitrogens with one attached hydrogen (secondary N) is 1. The van der Waals surface area contributed by atoms with Crippen molar-refractivity contribution in [2.75, 3.05) is 19.5 Å². The number of unbranched alkanes of at least 4 members (excludes halogenated alkanes) is 2. The van der Waals surface area contributed by atoms with E-state index in [0.717, 1.165) is 12.8 Å². The molecule has 158 valence electrons. The van der Waals surface area contributed by atoms with Crippen LogP contribution in [0, 0.1) is 0 Å². The van der Waals surface area contributed by atoms with Crippen LogP contribution in [0.4, 0.5) is 5.69 Å². The summed E-state index contributed by atoms with van der Waals surface area (Å²) in [6.45, 7) is 0.570. The molecule has 30 heavy (non-hydrogen) atoms. The second kappa shape index (κ2) is 10.1. The van der Waals surface area contributed by atoms with Crippen LogP contribution in [0.5, 0.6) is 11.5 Å². The highest BCUT2D eigenvalue weighted by Crippen LogP contribution is 2.35. The average Bonchev–Trinajstić information content (AvgIpc) is 2.75. The molecule has 8 heteroatoms. The van der Waals surface area contributed by atoms with E-state index >= 15 is 0 Å². The largest absolute Gasteiger partial charge is 0.495 e. The lowest BCUT2D eigenvalue weighted by Crippen LogP contribution is -2.20. The summed E-state index contributed by atoms with van der Waals surface area (Å²) in [4.78, 5) is 29.1. The minimum atomic E-state index is -0.126. The molecule has 0 aliphatic carbocycles. The smallest absolute Gasteiger partial charge is 0.261 e. The van der Waals surface area contributed by atoms with Gasteiger partial charge in [-0.3, -0.25) is 14.2 Å². The van der Waals surface area contributed by atoms with Gasteiger partial charge in [0.25, 0.3) is 5.56 Å². The van der Waals surface area contributed by atoms with Crippen molar-refractivity contribution in [3.63, 3.8) is 0 Å². The molecule has 0 saturated carbocycles. The lowest BCUT2D eigenvalue weighted by molar-refractivity contribution is -0.116. The number of ether oxygens (including phenoxy) is 2. The number of nitrogens with zero attached hydrogens (tertiary/aromatic N) is 2. The molecule has 0 aliphatic rings. The zero-order chi connectivity index (χ0) is 21.5. The highest BCUT2D eigenvalue weighted by Gasteiger charge is 2.12. The van der Waals surface area contributed by atoms with Gasteiger partial charge < -0.3 is 14.8 Å². The lowest BCUT2D eigenvalue weighted by atomic mass is 10.1. The third kappa shape index (κ3) is 5.10. The molecule has 1 heterocycles. The van der Waals surface area contributed by atoms with E-state index in [-0.39, 0.29) is 11.5 Å². The monoisotopic (exact) mass is 429 g/mol. The first-order valence-electron chi connectivity index (χ1n) is 9.69. The van der Waals surface area contributed by atoms with Crippen molar-refractivity contribution < 1.29 is 14.3 Å². The Labute approximate surface area is 179 Å². The summed E-state index contributed by atoms with van der Waals surface area (Å²) in [5, 5.41) is 3.83. The molecule has 0 atom stereocenters. The fraction of sp³-hybridized carbons (Fsp3) is 0.318. The van der Waals surface area contributed by atoms with Gasteiger partial charge in [0, 0.05) is 19.0 Å². The van der Waals surface area contributed by atoms with Gasteiger partial charge in [-0.05, 0) is 31.0 Å². The fourth-order valence-electron chi connectivity index (χ4n) is 3.18. The third-order valence-corrected chi connectivity index (χ3v) is 5.08. The van der Waals surface area contributed by atoms with Gasteiger partial charge in [-0.1, -0.05) is 30.2 Å². The Morgan fingerprint density at radius 2 is 1.87 bits per heavy atom.